The highest BCUT2D eigenvalue weighted by Crippen LogP contribution is 2.31. The van der Waals surface area contributed by atoms with Gasteiger partial charge in [-0.25, -0.2) is 19.1 Å². The fourth-order valence-electron chi connectivity index (χ4n) is 3.19. The van der Waals surface area contributed by atoms with Gasteiger partial charge in [-0.05, 0) is 51.2 Å². The predicted molar refractivity (Wildman–Crippen MR) is 94.1 cm³/mol. The zero-order valence-electron chi connectivity index (χ0n) is 15.6. The summed E-state index contributed by atoms with van der Waals surface area (Å²) < 4.78 is 12.0. The molecule has 1 aliphatic heterocycles. The number of hydrogen-bond donors (Lipinski definition) is 0. The number of piperidine rings is 1. The molecule has 0 aliphatic carbocycles. The van der Waals surface area contributed by atoms with Crippen molar-refractivity contribution in [3.63, 3.8) is 0 Å². The molecule has 1 saturated heterocycles. The number of likely N-dealkylation sites (tertiary alicyclic amines) is 1. The summed E-state index contributed by atoms with van der Waals surface area (Å²) in [5, 5.41) is 4.15. The number of methoxy groups -OCH3 is 1. The first kappa shape index (κ1) is 18.2. The van der Waals surface area contributed by atoms with Gasteiger partial charge in [0.2, 0.25) is 0 Å². The van der Waals surface area contributed by atoms with Crippen LogP contribution in [-0.2, 0) is 9.47 Å². The third-order valence-electron chi connectivity index (χ3n) is 4.44. The van der Waals surface area contributed by atoms with Gasteiger partial charge in [0.15, 0.2) is 5.65 Å². The summed E-state index contributed by atoms with van der Waals surface area (Å²) in [5.41, 5.74) is 1.46. The van der Waals surface area contributed by atoms with Gasteiger partial charge in [-0.15, -0.1) is 0 Å². The van der Waals surface area contributed by atoms with Gasteiger partial charge in [0.1, 0.15) is 11.9 Å². The van der Waals surface area contributed by atoms with E-state index in [1.54, 1.807) is 15.5 Å². The third-order valence-corrected chi connectivity index (χ3v) is 4.44. The maximum absolute atomic E-state index is 12.2. The van der Waals surface area contributed by atoms with Crippen molar-refractivity contribution in [1.29, 1.82) is 0 Å². The molecule has 140 valence electrons. The Morgan fingerprint density at radius 1 is 1.23 bits per heavy atom. The zero-order valence-corrected chi connectivity index (χ0v) is 15.6. The van der Waals surface area contributed by atoms with Crippen LogP contribution in [-0.4, -0.2) is 57.4 Å². The molecule has 3 rings (SSSR count). The molecular formula is C18H24N4O4. The van der Waals surface area contributed by atoms with Crippen molar-refractivity contribution in [3.8, 4) is 0 Å². The van der Waals surface area contributed by atoms with Crippen LogP contribution in [0, 0.1) is 0 Å². The second kappa shape index (κ2) is 6.93. The van der Waals surface area contributed by atoms with E-state index in [0.29, 0.717) is 24.3 Å². The van der Waals surface area contributed by atoms with Gasteiger partial charge in [-0.1, -0.05) is 0 Å². The summed E-state index contributed by atoms with van der Waals surface area (Å²) in [5.74, 6) is -0.253. The third kappa shape index (κ3) is 3.79. The van der Waals surface area contributed by atoms with Crippen molar-refractivity contribution in [3.05, 3.63) is 29.7 Å². The van der Waals surface area contributed by atoms with E-state index in [1.807, 2.05) is 27.0 Å². The molecule has 1 fully saturated rings. The number of esters is 1. The van der Waals surface area contributed by atoms with Crippen LogP contribution in [0.4, 0.5) is 4.79 Å². The Morgan fingerprint density at radius 2 is 1.92 bits per heavy atom. The van der Waals surface area contributed by atoms with E-state index in [9.17, 15) is 9.59 Å². The molecule has 8 heteroatoms. The van der Waals surface area contributed by atoms with Crippen LogP contribution in [0.3, 0.4) is 0 Å². The summed E-state index contributed by atoms with van der Waals surface area (Å²) in [7, 11) is 1.37. The maximum atomic E-state index is 12.2. The Balaban J connectivity index is 1.78. The highest BCUT2D eigenvalue weighted by atomic mass is 16.6. The smallest absolute Gasteiger partial charge is 0.410 e. The lowest BCUT2D eigenvalue weighted by molar-refractivity contribution is 0.0203. The lowest BCUT2D eigenvalue weighted by atomic mass is 9.87. The molecular weight excluding hydrogens is 336 g/mol. The van der Waals surface area contributed by atoms with Gasteiger partial charge in [0.05, 0.1) is 12.7 Å². The van der Waals surface area contributed by atoms with Gasteiger partial charge < -0.3 is 14.4 Å². The number of ether oxygens (including phenoxy) is 2. The minimum absolute atomic E-state index is 0.136. The molecule has 1 aliphatic rings. The minimum atomic E-state index is -0.510. The van der Waals surface area contributed by atoms with Gasteiger partial charge in [-0.3, -0.25) is 0 Å². The first-order valence-electron chi connectivity index (χ1n) is 8.68. The van der Waals surface area contributed by atoms with E-state index in [2.05, 4.69) is 10.1 Å². The largest absolute Gasteiger partial charge is 0.465 e. The monoisotopic (exact) mass is 360 g/mol. The first-order valence-corrected chi connectivity index (χ1v) is 8.68. The summed E-state index contributed by atoms with van der Waals surface area (Å²) in [6.45, 7) is 6.72. The van der Waals surface area contributed by atoms with Crippen LogP contribution in [0.1, 0.15) is 55.5 Å². The summed E-state index contributed by atoms with van der Waals surface area (Å²) in [6.07, 6.45) is 4.47. The van der Waals surface area contributed by atoms with Crippen LogP contribution in [0.25, 0.3) is 5.65 Å². The molecule has 1 amide bonds. The Hall–Kier alpha value is -2.64. The van der Waals surface area contributed by atoms with E-state index >= 15 is 0 Å². The van der Waals surface area contributed by atoms with E-state index < -0.39 is 5.60 Å². The van der Waals surface area contributed by atoms with Gasteiger partial charge in [0, 0.05) is 19.3 Å². The molecule has 3 heterocycles. The molecule has 0 N–H and O–H groups in total. The average Bonchev–Trinajstić information content (AvgIpc) is 3.06. The molecule has 2 aromatic heterocycles. The van der Waals surface area contributed by atoms with Crippen LogP contribution < -0.4 is 0 Å². The number of nitrogens with zero attached hydrogens (tertiary/aromatic N) is 4. The molecule has 0 saturated carbocycles. The van der Waals surface area contributed by atoms with Crippen LogP contribution in [0.15, 0.2) is 18.6 Å². The van der Waals surface area contributed by atoms with E-state index in [0.717, 1.165) is 18.4 Å². The second-order valence-electron chi connectivity index (χ2n) is 7.44. The SMILES string of the molecule is COC(=O)c1cc2ncnn2cc1C1CCN(C(=O)OC(C)(C)C)CC1. The molecule has 0 unspecified atom stereocenters. The number of fused-ring (bicyclic) bond motifs is 1. The number of rotatable bonds is 2. The maximum Gasteiger partial charge on any atom is 0.410 e. The highest BCUT2D eigenvalue weighted by Gasteiger charge is 2.30. The molecule has 2 aromatic rings. The van der Waals surface area contributed by atoms with Crippen LogP contribution in [0.5, 0.6) is 0 Å². The number of carbonyl (C=O) groups is 2. The lowest BCUT2D eigenvalue weighted by Gasteiger charge is -2.34. The highest BCUT2D eigenvalue weighted by molar-refractivity contribution is 5.92. The van der Waals surface area contributed by atoms with Crippen molar-refractivity contribution in [2.45, 2.75) is 45.1 Å². The normalized spacial score (nSPS) is 15.9. The van der Waals surface area contributed by atoms with Crippen LogP contribution in [0.2, 0.25) is 0 Å². The summed E-state index contributed by atoms with van der Waals surface area (Å²) in [4.78, 5) is 30.3. The van der Waals surface area contributed by atoms with Gasteiger partial charge in [0.25, 0.3) is 0 Å². The Labute approximate surface area is 152 Å². The zero-order chi connectivity index (χ0) is 18.9. The van der Waals surface area contributed by atoms with Crippen molar-refractivity contribution in [2.75, 3.05) is 20.2 Å². The van der Waals surface area contributed by atoms with E-state index in [1.165, 1.54) is 13.4 Å². The molecule has 0 spiro atoms. The second-order valence-corrected chi connectivity index (χ2v) is 7.44. The van der Waals surface area contributed by atoms with Gasteiger partial charge >= 0.3 is 12.1 Å². The average molecular weight is 360 g/mol. The van der Waals surface area contributed by atoms with Crippen molar-refractivity contribution >= 4 is 17.7 Å². The number of aromatic nitrogens is 3. The Morgan fingerprint density at radius 3 is 2.54 bits per heavy atom. The van der Waals surface area contributed by atoms with E-state index in [-0.39, 0.29) is 18.0 Å². The topological polar surface area (TPSA) is 86.0 Å². The van der Waals surface area contributed by atoms with Gasteiger partial charge in [-0.2, -0.15) is 5.10 Å². The van der Waals surface area contributed by atoms with Crippen molar-refractivity contribution in [2.24, 2.45) is 0 Å². The number of hydrogen-bond acceptors (Lipinski definition) is 6. The standard InChI is InChI=1S/C18H24N4O4/c1-18(2,3)26-17(24)21-7-5-12(6-8-21)14-10-22-15(19-11-20-22)9-13(14)16(23)25-4/h9-12H,5-8H2,1-4H3. The van der Waals surface area contributed by atoms with Crippen LogP contribution >= 0.6 is 0 Å². The minimum Gasteiger partial charge on any atom is -0.465 e. The molecule has 0 radical (unpaired) electrons. The van der Waals surface area contributed by atoms with Crippen molar-refractivity contribution < 1.29 is 19.1 Å². The fourth-order valence-corrected chi connectivity index (χ4v) is 3.19. The summed E-state index contributed by atoms with van der Waals surface area (Å²) in [6, 6.07) is 1.70. The Kier molecular flexibility index (Phi) is 4.84. The predicted octanol–water partition coefficient (Wildman–Crippen LogP) is 2.63. The molecule has 0 atom stereocenters. The number of amides is 1. The molecule has 26 heavy (non-hydrogen) atoms. The molecule has 0 aromatic carbocycles. The molecule has 8 nitrogen and oxygen atoms in total. The molecule has 0 bridgehead atoms. The quantitative estimate of drug-likeness (QED) is 0.765. The first-order chi connectivity index (χ1) is 12.3. The summed E-state index contributed by atoms with van der Waals surface area (Å²) >= 11 is 0. The fraction of sp³-hybridized carbons (Fsp3) is 0.556. The number of pyridine rings is 1. The number of carbonyl (C=O) groups excluding carboxylic acids is 2. The van der Waals surface area contributed by atoms with Crippen molar-refractivity contribution in [1.82, 2.24) is 19.5 Å². The Bertz CT molecular complexity index is 816. The van der Waals surface area contributed by atoms with E-state index in [4.69, 9.17) is 9.47 Å². The lowest BCUT2D eigenvalue weighted by Crippen LogP contribution is -2.41.